The van der Waals surface area contributed by atoms with E-state index < -0.39 is 4.92 Å². The molecule has 0 atom stereocenters. The van der Waals surface area contributed by atoms with Gasteiger partial charge in [-0.05, 0) is 58.5 Å². The molecular formula is C14H10INO4. The molecule has 0 aliphatic rings. The second-order valence-electron chi connectivity index (χ2n) is 4.02. The number of rotatable bonds is 5. The highest BCUT2D eigenvalue weighted by Crippen LogP contribution is 2.23. The fraction of sp³-hybridized carbons (Fsp3) is 0.0714. The fourth-order valence-corrected chi connectivity index (χ4v) is 2.28. The molecule has 0 N–H and O–H groups in total. The van der Waals surface area contributed by atoms with Crippen LogP contribution in [0.25, 0.3) is 0 Å². The first-order valence-corrected chi connectivity index (χ1v) is 6.79. The summed E-state index contributed by atoms with van der Waals surface area (Å²) < 4.78 is 6.47. The molecule has 0 saturated carbocycles. The Morgan fingerprint density at radius 3 is 2.45 bits per heavy atom. The van der Waals surface area contributed by atoms with Gasteiger partial charge in [-0.15, -0.1) is 0 Å². The third-order valence-electron chi connectivity index (χ3n) is 2.63. The molecule has 0 fully saturated rings. The Labute approximate surface area is 128 Å². The molecule has 2 rings (SSSR count). The quantitative estimate of drug-likeness (QED) is 0.343. The van der Waals surface area contributed by atoms with Gasteiger partial charge in [-0.3, -0.25) is 14.9 Å². The van der Waals surface area contributed by atoms with E-state index in [0.29, 0.717) is 17.9 Å². The highest BCUT2D eigenvalue weighted by Gasteiger charge is 2.06. The van der Waals surface area contributed by atoms with E-state index in [1.165, 1.54) is 12.1 Å². The standard InChI is InChI=1S/C14H10INO4/c15-13-7-11(8-17)3-6-14(13)20-9-10-1-4-12(5-2-10)16(18)19/h1-8H,9H2. The Hall–Kier alpha value is -1.96. The number of carbonyl (C=O) groups excluding carboxylic acids is 1. The Bertz CT molecular complexity index is 640. The number of hydrogen-bond acceptors (Lipinski definition) is 4. The summed E-state index contributed by atoms with van der Waals surface area (Å²) in [5.41, 5.74) is 1.49. The Morgan fingerprint density at radius 1 is 1.20 bits per heavy atom. The smallest absolute Gasteiger partial charge is 0.269 e. The van der Waals surface area contributed by atoms with Crippen LogP contribution in [0.15, 0.2) is 42.5 Å². The number of hydrogen-bond donors (Lipinski definition) is 0. The lowest BCUT2D eigenvalue weighted by atomic mass is 10.2. The molecule has 0 unspecified atom stereocenters. The second-order valence-corrected chi connectivity index (χ2v) is 5.18. The largest absolute Gasteiger partial charge is 0.488 e. The van der Waals surface area contributed by atoms with Crippen molar-refractivity contribution in [1.29, 1.82) is 0 Å². The molecule has 0 spiro atoms. The summed E-state index contributed by atoms with van der Waals surface area (Å²) in [5, 5.41) is 10.5. The molecule has 0 bridgehead atoms. The number of nitro benzene ring substituents is 1. The maximum Gasteiger partial charge on any atom is 0.269 e. The van der Waals surface area contributed by atoms with E-state index in [1.807, 2.05) is 0 Å². The molecule has 102 valence electrons. The highest BCUT2D eigenvalue weighted by molar-refractivity contribution is 14.1. The van der Waals surface area contributed by atoms with Crippen molar-refractivity contribution in [2.24, 2.45) is 0 Å². The van der Waals surface area contributed by atoms with Gasteiger partial charge in [-0.1, -0.05) is 0 Å². The summed E-state index contributed by atoms with van der Waals surface area (Å²) >= 11 is 2.09. The minimum absolute atomic E-state index is 0.0543. The Morgan fingerprint density at radius 2 is 1.90 bits per heavy atom. The molecule has 0 radical (unpaired) electrons. The van der Waals surface area contributed by atoms with Gasteiger partial charge in [-0.25, -0.2) is 0 Å². The average Bonchev–Trinajstić information content (AvgIpc) is 2.46. The van der Waals surface area contributed by atoms with Crippen molar-refractivity contribution in [2.45, 2.75) is 6.61 Å². The number of carbonyl (C=O) groups is 1. The summed E-state index contributed by atoms with van der Waals surface area (Å²) in [6, 6.07) is 11.4. The summed E-state index contributed by atoms with van der Waals surface area (Å²) in [6.45, 7) is 0.314. The molecule has 5 nitrogen and oxygen atoms in total. The van der Waals surface area contributed by atoms with Gasteiger partial charge in [0.25, 0.3) is 5.69 Å². The molecule has 0 aliphatic heterocycles. The number of halogens is 1. The monoisotopic (exact) mass is 383 g/mol. The number of aldehydes is 1. The van der Waals surface area contributed by atoms with Crippen molar-refractivity contribution in [1.82, 2.24) is 0 Å². The van der Waals surface area contributed by atoms with Gasteiger partial charge >= 0.3 is 0 Å². The first kappa shape index (κ1) is 14.4. The summed E-state index contributed by atoms with van der Waals surface area (Å²) in [5.74, 6) is 0.676. The topological polar surface area (TPSA) is 69.4 Å². The fourth-order valence-electron chi connectivity index (χ4n) is 1.58. The van der Waals surface area contributed by atoms with Crippen LogP contribution >= 0.6 is 22.6 Å². The summed E-state index contributed by atoms with van der Waals surface area (Å²) in [4.78, 5) is 20.7. The van der Waals surface area contributed by atoms with Crippen LogP contribution in [0, 0.1) is 13.7 Å². The van der Waals surface area contributed by atoms with E-state index >= 15 is 0 Å². The number of nitrogens with zero attached hydrogens (tertiary/aromatic N) is 1. The SMILES string of the molecule is O=Cc1ccc(OCc2ccc([N+](=O)[O-])cc2)c(I)c1. The van der Waals surface area contributed by atoms with Gasteiger partial charge in [0.05, 0.1) is 8.49 Å². The van der Waals surface area contributed by atoms with E-state index in [2.05, 4.69) is 22.6 Å². The first-order chi connectivity index (χ1) is 9.60. The van der Waals surface area contributed by atoms with Crippen molar-refractivity contribution >= 4 is 34.6 Å². The zero-order valence-corrected chi connectivity index (χ0v) is 12.4. The van der Waals surface area contributed by atoms with Crippen LogP contribution in [-0.2, 0) is 6.61 Å². The van der Waals surface area contributed by atoms with E-state index in [9.17, 15) is 14.9 Å². The van der Waals surface area contributed by atoms with Crippen LogP contribution in [0.1, 0.15) is 15.9 Å². The minimum Gasteiger partial charge on any atom is -0.488 e. The van der Waals surface area contributed by atoms with Crippen LogP contribution in [0.2, 0.25) is 0 Å². The van der Waals surface area contributed by atoms with Crippen molar-refractivity contribution in [3.8, 4) is 5.75 Å². The molecule has 2 aromatic rings. The van der Waals surface area contributed by atoms with E-state index in [4.69, 9.17) is 4.74 Å². The van der Waals surface area contributed by atoms with Gasteiger partial charge < -0.3 is 4.74 Å². The average molecular weight is 383 g/mol. The lowest BCUT2D eigenvalue weighted by Gasteiger charge is -2.08. The number of nitro groups is 1. The summed E-state index contributed by atoms with van der Waals surface area (Å²) in [7, 11) is 0. The van der Waals surface area contributed by atoms with Gasteiger partial charge in [0.1, 0.15) is 18.6 Å². The van der Waals surface area contributed by atoms with Gasteiger partial charge in [0, 0.05) is 17.7 Å². The van der Waals surface area contributed by atoms with Crippen molar-refractivity contribution in [2.75, 3.05) is 0 Å². The third kappa shape index (κ3) is 3.53. The maximum absolute atomic E-state index is 10.6. The molecule has 0 aromatic heterocycles. The van der Waals surface area contributed by atoms with Crippen molar-refractivity contribution in [3.05, 3.63) is 67.3 Å². The molecule has 0 saturated heterocycles. The van der Waals surface area contributed by atoms with Crippen LogP contribution in [0.5, 0.6) is 5.75 Å². The predicted molar refractivity (Wildman–Crippen MR) is 82.0 cm³/mol. The van der Waals surface area contributed by atoms with E-state index in [-0.39, 0.29) is 5.69 Å². The highest BCUT2D eigenvalue weighted by atomic mass is 127. The number of non-ortho nitro benzene ring substituents is 1. The van der Waals surface area contributed by atoms with Gasteiger partial charge in [0.2, 0.25) is 0 Å². The lowest BCUT2D eigenvalue weighted by molar-refractivity contribution is -0.384. The molecule has 0 heterocycles. The van der Waals surface area contributed by atoms with Crippen molar-refractivity contribution in [3.63, 3.8) is 0 Å². The lowest BCUT2D eigenvalue weighted by Crippen LogP contribution is -1.98. The number of benzene rings is 2. The Balaban J connectivity index is 2.05. The molecule has 2 aromatic carbocycles. The summed E-state index contributed by atoms with van der Waals surface area (Å²) in [6.07, 6.45) is 0.780. The predicted octanol–water partition coefficient (Wildman–Crippen LogP) is 3.59. The van der Waals surface area contributed by atoms with Gasteiger partial charge in [-0.2, -0.15) is 0 Å². The molecule has 0 amide bonds. The first-order valence-electron chi connectivity index (χ1n) is 5.71. The zero-order chi connectivity index (χ0) is 14.5. The molecule has 6 heteroatoms. The van der Waals surface area contributed by atoms with Crippen LogP contribution in [0.3, 0.4) is 0 Å². The van der Waals surface area contributed by atoms with Gasteiger partial charge in [0.15, 0.2) is 0 Å². The number of ether oxygens (including phenoxy) is 1. The molecule has 0 aliphatic carbocycles. The minimum atomic E-state index is -0.439. The van der Waals surface area contributed by atoms with Crippen LogP contribution < -0.4 is 4.74 Å². The second kappa shape index (κ2) is 6.47. The normalized spacial score (nSPS) is 10.1. The van der Waals surface area contributed by atoms with Crippen LogP contribution in [-0.4, -0.2) is 11.2 Å². The van der Waals surface area contributed by atoms with E-state index in [1.54, 1.807) is 30.3 Å². The zero-order valence-electron chi connectivity index (χ0n) is 10.3. The molecule has 20 heavy (non-hydrogen) atoms. The van der Waals surface area contributed by atoms with Crippen molar-refractivity contribution < 1.29 is 14.5 Å². The Kier molecular flexibility index (Phi) is 4.67. The third-order valence-corrected chi connectivity index (χ3v) is 3.48. The molecular weight excluding hydrogens is 373 g/mol. The van der Waals surface area contributed by atoms with Crippen LogP contribution in [0.4, 0.5) is 5.69 Å². The van der Waals surface area contributed by atoms with E-state index in [0.717, 1.165) is 15.4 Å². The maximum atomic E-state index is 10.6.